The third-order valence-corrected chi connectivity index (χ3v) is 28.8. The van der Waals surface area contributed by atoms with Crippen molar-refractivity contribution >= 4 is 17.3 Å². The van der Waals surface area contributed by atoms with Crippen molar-refractivity contribution < 1.29 is 51.8 Å². The Kier molecular flexibility index (Phi) is 46.9. The van der Waals surface area contributed by atoms with Crippen LogP contribution in [0.25, 0.3) is 0 Å². The highest BCUT2D eigenvalue weighted by atomic mass is 35.5. The predicted molar refractivity (Wildman–Crippen MR) is 588 cm³/mol. The Morgan fingerprint density at radius 2 is 0.768 bits per heavy atom. The molecule has 16 rings (SSSR count). The molecule has 0 amide bonds. The lowest BCUT2D eigenvalue weighted by Crippen LogP contribution is -2.34. The van der Waals surface area contributed by atoms with Gasteiger partial charge < -0.3 is 52.7 Å². The summed E-state index contributed by atoms with van der Waals surface area (Å²) in [6.07, 6.45) is 28.8. The number of hydrogen-bond donors (Lipinski definition) is 1. The lowest BCUT2D eigenvalue weighted by molar-refractivity contribution is -0.0721. The molecule has 8 aliphatic heterocycles. The van der Waals surface area contributed by atoms with Gasteiger partial charge in [-0.05, 0) is 320 Å². The molecule has 10 heterocycles. The largest absolute Gasteiger partial charge is 0.497 e. The molecule has 142 heavy (non-hydrogen) atoms. The van der Waals surface area contributed by atoms with E-state index in [1.54, 1.807) is 19.5 Å². The van der Waals surface area contributed by atoms with Crippen molar-refractivity contribution in [2.45, 2.75) is 382 Å². The molecule has 1 unspecified atom stereocenters. The number of anilines is 1. The first-order valence-corrected chi connectivity index (χ1v) is 54.6. The summed E-state index contributed by atoms with van der Waals surface area (Å²) in [7, 11) is 1.75. The van der Waals surface area contributed by atoms with Gasteiger partial charge in [0.15, 0.2) is 0 Å². The van der Waals surface area contributed by atoms with E-state index >= 15 is 0 Å². The van der Waals surface area contributed by atoms with Crippen molar-refractivity contribution in [1.82, 2.24) is 19.9 Å². The second kappa shape index (κ2) is 56.2. The normalized spacial score (nSPS) is 18.7. The van der Waals surface area contributed by atoms with Crippen molar-refractivity contribution in [3.63, 3.8) is 0 Å². The van der Waals surface area contributed by atoms with Gasteiger partial charge in [-0.1, -0.05) is 257 Å². The van der Waals surface area contributed by atoms with Gasteiger partial charge in [0.1, 0.15) is 35.6 Å². The van der Waals surface area contributed by atoms with Crippen molar-refractivity contribution in [1.29, 1.82) is 0 Å². The Labute approximate surface area is 865 Å². The summed E-state index contributed by atoms with van der Waals surface area (Å²) < 4.78 is 68.7. The quantitative estimate of drug-likeness (QED) is 0.0918. The standard InChI is InChI=1S/C18H28O.C17H26O2.C16H23FO.C16H24O.C15H22ClNO.C15H22O2.2C14H22N2O/c1-17(2,3)16-8-6-7-14(12-16)11-15-9-10-19-18(4,5)13-15;1-17(2,3)15-10-14(11-16(12-15)18-4)9-13-5-7-19-8-6-13;1-16(2,3)14-11-13(4-5-15(14)17)10-12-6-8-18-9-7-12;1-16(2,3)15-6-4-5-14(12-15)11-13-7-9-17-10-8-13;1-15(2,3)11-8-12(16)10-14(9-11)17-13-4-6-18-7-5-13;1-15(2,3)12-4-6-13(7-5-12)17-14-8-10-16-11-9-14;1-14(2,3)12-4-7-15-13(16-12)10-11-5-8-17-9-6-11;1-14(2,3)13-9-12(15-10-16-13)8-11-4-6-17-7-5-11/h6-8,12,15H,9-11,13H2,1-5H3;10-13H,5-9H2,1-4H3;4-5,11-12H,6-10H2,1-3H3;4-6,12-13H,7-11H2,1-3H3;8-10,13,17H,4-7H2,1-3H3;4-7,14H,8-11H2,1-3H3;4,7,11H,5-6,8-10H2,1-3H3;9-11H,4-8H2,1-3H3. The molecule has 1 N–H and O–H groups in total. The number of aromatic nitrogens is 4. The minimum atomic E-state index is -0.129. The molecule has 8 saturated heterocycles. The fraction of sp³-hybridized carbons (Fsp3) is 0.648. The summed E-state index contributed by atoms with van der Waals surface area (Å²) in [5, 5.41) is 4.37. The molecule has 6 aromatic carbocycles. The summed E-state index contributed by atoms with van der Waals surface area (Å²) in [6.45, 7) is 70.8. The van der Waals surface area contributed by atoms with Crippen molar-refractivity contribution in [3.05, 3.63) is 241 Å². The second-order valence-corrected chi connectivity index (χ2v) is 50.7. The van der Waals surface area contributed by atoms with Gasteiger partial charge in [-0.15, -0.1) is 0 Å². The van der Waals surface area contributed by atoms with Gasteiger partial charge in [-0.25, -0.2) is 24.3 Å². The molecule has 0 aliphatic carbocycles. The highest BCUT2D eigenvalue weighted by molar-refractivity contribution is 6.31. The van der Waals surface area contributed by atoms with Crippen molar-refractivity contribution in [2.24, 2.45) is 35.5 Å². The number of halogens is 2. The minimum Gasteiger partial charge on any atom is -0.497 e. The predicted octanol–water partition coefficient (Wildman–Crippen LogP) is 30.0. The molecule has 17 heteroatoms. The lowest BCUT2D eigenvalue weighted by Gasteiger charge is -2.35. The number of nitrogens with one attached hydrogen (secondary N) is 1. The van der Waals surface area contributed by atoms with E-state index < -0.39 is 0 Å². The summed E-state index contributed by atoms with van der Waals surface area (Å²) >= 11 is 6.21. The zero-order chi connectivity index (χ0) is 104. The van der Waals surface area contributed by atoms with Crippen LogP contribution < -0.4 is 14.8 Å². The van der Waals surface area contributed by atoms with E-state index in [9.17, 15) is 4.39 Å². The highest BCUT2D eigenvalue weighted by Crippen LogP contribution is 2.38. The molecule has 788 valence electrons. The number of rotatable bonds is 17. The summed E-state index contributed by atoms with van der Waals surface area (Å²) in [4.78, 5) is 17.8. The van der Waals surface area contributed by atoms with Crippen LogP contribution in [-0.2, 0) is 120 Å². The minimum absolute atomic E-state index is 0.0601. The number of hydrogen-bond acceptors (Lipinski definition) is 15. The molecule has 0 bridgehead atoms. The summed E-state index contributed by atoms with van der Waals surface area (Å²) in [6, 6.07) is 49.9. The molecule has 8 aromatic rings. The van der Waals surface area contributed by atoms with Crippen LogP contribution in [0, 0.1) is 41.3 Å². The van der Waals surface area contributed by atoms with Crippen LogP contribution in [0.5, 0.6) is 11.5 Å². The first kappa shape index (κ1) is 118. The van der Waals surface area contributed by atoms with Gasteiger partial charge >= 0.3 is 0 Å². The van der Waals surface area contributed by atoms with Gasteiger partial charge in [0.2, 0.25) is 0 Å². The second-order valence-electron chi connectivity index (χ2n) is 50.2. The Morgan fingerprint density at radius 3 is 1.22 bits per heavy atom. The van der Waals surface area contributed by atoms with Gasteiger partial charge in [-0.3, -0.25) is 0 Å². The van der Waals surface area contributed by atoms with Gasteiger partial charge in [-0.2, -0.15) is 0 Å². The maximum atomic E-state index is 13.8. The van der Waals surface area contributed by atoms with E-state index in [0.717, 1.165) is 258 Å². The van der Waals surface area contributed by atoms with Crippen LogP contribution in [-0.4, -0.2) is 144 Å². The van der Waals surface area contributed by atoms with Crippen LogP contribution in [0.3, 0.4) is 0 Å². The first-order chi connectivity index (χ1) is 66.9. The van der Waals surface area contributed by atoms with E-state index in [-0.39, 0.29) is 54.7 Å². The smallest absolute Gasteiger partial charge is 0.128 e. The number of nitrogens with zero attached hydrogens (tertiary/aromatic N) is 4. The summed E-state index contributed by atoms with van der Waals surface area (Å²) in [5.41, 5.74) is 19.0. The number of methoxy groups -OCH3 is 1. The molecule has 15 nitrogen and oxygen atoms in total. The lowest BCUT2D eigenvalue weighted by atomic mass is 9.82. The molecule has 1 atom stereocenters. The van der Waals surface area contributed by atoms with Gasteiger partial charge in [0, 0.05) is 156 Å². The molecule has 0 spiro atoms. The Balaban J connectivity index is 0.000000181. The monoisotopic (exact) mass is 1970 g/mol. The van der Waals surface area contributed by atoms with E-state index in [2.05, 4.69) is 314 Å². The van der Waals surface area contributed by atoms with E-state index in [0.29, 0.717) is 24.0 Å². The SMILES string of the molecule is CC(C)(C)c1cc(CC2CCOCC2)ccc1F.CC(C)(C)c1cc(CC2CCOCC2)ncn1.CC(C)(C)c1cc(Cl)cc(NC2CCOCC2)c1.CC(C)(C)c1ccc(OC2CCOCC2)cc1.CC(C)(C)c1cccc(CC2CCOCC2)c1.CC(C)(C)c1ccnc(CC2CCOCC2)n1.CC1(C)CC(Cc2cccc(C(C)(C)C)c2)CCO1.COc1cc(CC2CCOCC2)cc(C(C)(C)C)c1. The van der Waals surface area contributed by atoms with E-state index in [4.69, 9.17) is 59.0 Å². The number of benzene rings is 6. The zero-order valence-electron chi connectivity index (χ0n) is 93.3. The molecule has 8 fully saturated rings. The van der Waals surface area contributed by atoms with Crippen molar-refractivity contribution in [2.75, 3.05) is 112 Å². The van der Waals surface area contributed by atoms with Crippen LogP contribution in [0.2, 0.25) is 5.02 Å². The van der Waals surface area contributed by atoms with Crippen LogP contribution >= 0.6 is 11.6 Å². The highest BCUT2D eigenvalue weighted by Gasteiger charge is 2.32. The molecule has 2 aromatic heterocycles. The Bertz CT molecular complexity index is 4760. The third-order valence-electron chi connectivity index (χ3n) is 28.6. The maximum Gasteiger partial charge on any atom is 0.128 e. The average molecular weight is 1980 g/mol. The maximum absolute atomic E-state index is 13.8. The van der Waals surface area contributed by atoms with Crippen LogP contribution in [0.4, 0.5) is 10.1 Å². The molecule has 0 radical (unpaired) electrons. The summed E-state index contributed by atoms with van der Waals surface area (Å²) in [5.74, 6) is 7.32. The van der Waals surface area contributed by atoms with Crippen LogP contribution in [0.1, 0.15) is 361 Å². The molecule has 8 aliphatic rings. The average Bonchev–Trinajstić information content (AvgIpc) is 0.827. The topological polar surface area (TPSA) is 156 Å². The Morgan fingerprint density at radius 1 is 0.352 bits per heavy atom. The fourth-order valence-electron chi connectivity index (χ4n) is 19.1. The molecule has 0 saturated carbocycles. The van der Waals surface area contributed by atoms with E-state index in [1.807, 2.05) is 30.5 Å². The first-order valence-electron chi connectivity index (χ1n) is 54.2. The van der Waals surface area contributed by atoms with Gasteiger partial charge in [0.25, 0.3) is 0 Å². The third kappa shape index (κ3) is 43.7. The van der Waals surface area contributed by atoms with Crippen LogP contribution in [0.15, 0.2) is 152 Å². The molecular formula is C125H189ClFN5O10. The number of ether oxygens (including phenoxy) is 10. The Hall–Kier alpha value is -7.22. The van der Waals surface area contributed by atoms with Gasteiger partial charge in [0.05, 0.1) is 25.9 Å². The van der Waals surface area contributed by atoms with Crippen molar-refractivity contribution in [3.8, 4) is 11.5 Å². The zero-order valence-corrected chi connectivity index (χ0v) is 94.1. The fourth-order valence-corrected chi connectivity index (χ4v) is 19.4. The van der Waals surface area contributed by atoms with E-state index in [1.165, 1.54) is 107 Å². The molecular weight excluding hydrogens is 1790 g/mol.